The molecule has 1 heterocycles. The molecule has 2 unspecified atom stereocenters. The van der Waals surface area contributed by atoms with E-state index in [9.17, 15) is 18.3 Å². The number of rotatable bonds is 1. The zero-order valence-corrected chi connectivity index (χ0v) is 11.4. The summed E-state index contributed by atoms with van der Waals surface area (Å²) in [6, 6.07) is 0. The van der Waals surface area contributed by atoms with Crippen molar-refractivity contribution < 1.29 is 54.7 Å². The van der Waals surface area contributed by atoms with Crippen LogP contribution < -0.4 is 0 Å². The maximum absolute atomic E-state index is 11.4. The largest absolute Gasteiger partial charge is 0.492 e. The summed E-state index contributed by atoms with van der Waals surface area (Å²) < 4.78 is 62.7. The summed E-state index contributed by atoms with van der Waals surface area (Å²) in [5.74, 6) is 0. The van der Waals surface area contributed by atoms with E-state index in [1.807, 2.05) is 0 Å². The fraction of sp³-hybridized carbons (Fsp3) is 1.00. The highest BCUT2D eigenvalue weighted by Gasteiger charge is 2.53. The van der Waals surface area contributed by atoms with Gasteiger partial charge in [-0.2, -0.15) is 17.2 Å². The van der Waals surface area contributed by atoms with Crippen LogP contribution in [-0.4, -0.2) is 21.8 Å². The zero-order chi connectivity index (χ0) is 13.5. The molecule has 0 spiro atoms. The van der Waals surface area contributed by atoms with E-state index in [0.717, 1.165) is 0 Å². The summed E-state index contributed by atoms with van der Waals surface area (Å²) >= 11 is 0. The molecular weight excluding hydrogens is 328 g/mol. The topological polar surface area (TPSA) is 175 Å². The molecule has 0 amide bonds. The molecule has 0 radical (unpaired) electrons. The van der Waals surface area contributed by atoms with Gasteiger partial charge in [0, 0.05) is 7.11 Å². The van der Waals surface area contributed by atoms with Gasteiger partial charge in [0.05, 0.1) is 0 Å². The first-order valence-electron chi connectivity index (χ1n) is 3.38. The van der Waals surface area contributed by atoms with Crippen LogP contribution in [0.5, 0.6) is 0 Å². The fourth-order valence-electron chi connectivity index (χ4n) is 0.640. The van der Waals surface area contributed by atoms with E-state index in [1.165, 1.54) is 0 Å². The second-order valence-corrected chi connectivity index (χ2v) is 9.05. The summed E-state index contributed by atoms with van der Waals surface area (Å²) in [7, 11) is -20.5. The molecule has 102 valence electrons. The van der Waals surface area contributed by atoms with E-state index in [1.54, 1.807) is 0 Å². The van der Waals surface area contributed by atoms with Crippen LogP contribution in [0.2, 0.25) is 0 Å². The summed E-state index contributed by atoms with van der Waals surface area (Å²) in [5.41, 5.74) is 0. The molecule has 3 N–H and O–H groups in total. The Morgan fingerprint density at radius 3 is 1.35 bits per heavy atom. The molecule has 1 rings (SSSR count). The molecule has 16 heteroatoms. The number of hydrogen-bond donors (Lipinski definition) is 3. The lowest BCUT2D eigenvalue weighted by Crippen LogP contribution is -2.04. The third-order valence-electron chi connectivity index (χ3n) is 1.04. The quantitative estimate of drug-likeness (QED) is 0.583. The van der Waals surface area contributed by atoms with Crippen molar-refractivity contribution in [2.45, 2.75) is 0 Å². The van der Waals surface area contributed by atoms with Gasteiger partial charge in [-0.15, -0.1) is 0 Å². The molecule has 17 heavy (non-hydrogen) atoms. The summed E-state index contributed by atoms with van der Waals surface area (Å²) in [4.78, 5) is 26.4. The summed E-state index contributed by atoms with van der Waals surface area (Å²) in [5, 5.41) is 0. The van der Waals surface area contributed by atoms with Crippen molar-refractivity contribution in [3.8, 4) is 0 Å². The molecule has 2 atom stereocenters. The lowest BCUT2D eigenvalue weighted by atomic mass is 11.8. The summed E-state index contributed by atoms with van der Waals surface area (Å²) in [6.45, 7) is 0. The number of hydrogen-bond acceptors (Lipinski definition) is 9. The first-order chi connectivity index (χ1) is 7.39. The van der Waals surface area contributed by atoms with E-state index in [-0.39, 0.29) is 0 Å². The van der Waals surface area contributed by atoms with Crippen LogP contribution in [-0.2, 0) is 40.0 Å². The highest BCUT2D eigenvalue weighted by molar-refractivity contribution is 7.75. The first-order valence-corrected chi connectivity index (χ1v) is 9.33. The van der Waals surface area contributed by atoms with Crippen molar-refractivity contribution in [1.29, 1.82) is 0 Å². The Labute approximate surface area is 93.9 Å². The van der Waals surface area contributed by atoms with E-state index in [0.29, 0.717) is 7.11 Å². The molecule has 1 fully saturated rings. The Kier molecular flexibility index (Phi) is 4.25. The van der Waals surface area contributed by atoms with Gasteiger partial charge in [0.25, 0.3) is 0 Å². The monoisotopic (exact) mass is 334 g/mol. The molecule has 0 aromatic rings. The van der Waals surface area contributed by atoms with Crippen molar-refractivity contribution in [1.82, 2.24) is 0 Å². The molecule has 1 aliphatic rings. The maximum atomic E-state index is 11.4. The normalized spacial score (nSPS) is 52.7. The highest BCUT2D eigenvalue weighted by atomic mass is 31.3. The van der Waals surface area contributed by atoms with Gasteiger partial charge in [-0.25, -0.2) is 18.3 Å². The first kappa shape index (κ1) is 15.7. The summed E-state index contributed by atoms with van der Waals surface area (Å²) in [6.07, 6.45) is 0. The molecule has 0 aliphatic carbocycles. The van der Waals surface area contributed by atoms with Crippen LogP contribution in [0.15, 0.2) is 0 Å². The van der Waals surface area contributed by atoms with E-state index < -0.39 is 31.3 Å². The minimum atomic E-state index is -5.42. The molecule has 0 aromatic carbocycles. The van der Waals surface area contributed by atoms with Crippen LogP contribution in [0.25, 0.3) is 0 Å². The van der Waals surface area contributed by atoms with Gasteiger partial charge in [0.15, 0.2) is 0 Å². The molecule has 1 aliphatic heterocycles. The molecule has 0 aromatic heterocycles. The highest BCUT2D eigenvalue weighted by Crippen LogP contribution is 2.79. The van der Waals surface area contributed by atoms with Gasteiger partial charge in [-0.3, -0.25) is 4.52 Å². The SMILES string of the molecule is COP1(=O)OP(=O)(O)OP(=O)(O)OP(=O)(O)O1. The van der Waals surface area contributed by atoms with E-state index >= 15 is 0 Å². The number of phosphoric acid groups is 4. The molecule has 1 saturated heterocycles. The third kappa shape index (κ3) is 4.65. The fourth-order valence-corrected chi connectivity index (χ4v) is 6.83. The van der Waals surface area contributed by atoms with Gasteiger partial charge >= 0.3 is 31.3 Å². The Bertz CT molecular complexity index is 453. The zero-order valence-electron chi connectivity index (χ0n) is 7.80. The maximum Gasteiger partial charge on any atom is 0.492 e. The average molecular weight is 334 g/mol. The van der Waals surface area contributed by atoms with Crippen LogP contribution in [0.4, 0.5) is 0 Å². The van der Waals surface area contributed by atoms with Crippen molar-refractivity contribution >= 4 is 31.3 Å². The molecular formula is CH6O12P4. The standard InChI is InChI=1S/CH6O12P4/c1-9-17(8)12-15(4,5)10-14(2,3)11-16(6,7)13-17/h1H3,(H,2,3)(H,4,5)(H,6,7). The van der Waals surface area contributed by atoms with Gasteiger partial charge < -0.3 is 14.7 Å². The predicted molar refractivity (Wildman–Crippen MR) is 48.4 cm³/mol. The van der Waals surface area contributed by atoms with Gasteiger partial charge in [0.2, 0.25) is 0 Å². The van der Waals surface area contributed by atoms with Crippen molar-refractivity contribution in [3.63, 3.8) is 0 Å². The van der Waals surface area contributed by atoms with Gasteiger partial charge in [-0.05, 0) is 0 Å². The van der Waals surface area contributed by atoms with Gasteiger partial charge in [-0.1, -0.05) is 0 Å². The van der Waals surface area contributed by atoms with Crippen LogP contribution in [0.1, 0.15) is 0 Å². The Balaban J connectivity index is 3.21. The van der Waals surface area contributed by atoms with Crippen LogP contribution in [0.3, 0.4) is 0 Å². The van der Waals surface area contributed by atoms with Crippen molar-refractivity contribution in [3.05, 3.63) is 0 Å². The minimum absolute atomic E-state index is 0.654. The second kappa shape index (κ2) is 4.61. The van der Waals surface area contributed by atoms with Gasteiger partial charge in [0.1, 0.15) is 0 Å². The Morgan fingerprint density at radius 1 is 0.765 bits per heavy atom. The lowest BCUT2D eigenvalue weighted by molar-refractivity contribution is 0.155. The molecule has 0 bridgehead atoms. The molecule has 0 saturated carbocycles. The average Bonchev–Trinajstić information content (AvgIpc) is 1.93. The Morgan fingerprint density at radius 2 is 1.06 bits per heavy atom. The predicted octanol–water partition coefficient (Wildman–Crippen LogP) is 1.12. The smallest absolute Gasteiger partial charge is 0.302 e. The lowest BCUT2D eigenvalue weighted by Gasteiger charge is -2.25. The second-order valence-electron chi connectivity index (χ2n) is 2.36. The third-order valence-corrected chi connectivity index (χ3v) is 8.04. The van der Waals surface area contributed by atoms with Crippen LogP contribution >= 0.6 is 31.3 Å². The Hall–Kier alpha value is 0.600. The van der Waals surface area contributed by atoms with Crippen molar-refractivity contribution in [2.75, 3.05) is 7.11 Å². The van der Waals surface area contributed by atoms with E-state index in [4.69, 9.17) is 14.7 Å². The van der Waals surface area contributed by atoms with Crippen molar-refractivity contribution in [2.24, 2.45) is 0 Å². The minimum Gasteiger partial charge on any atom is -0.302 e. The van der Waals surface area contributed by atoms with E-state index in [2.05, 4.69) is 21.8 Å². The van der Waals surface area contributed by atoms with Crippen LogP contribution in [0, 0.1) is 0 Å². The molecule has 12 nitrogen and oxygen atoms in total.